The van der Waals surface area contributed by atoms with Crippen molar-refractivity contribution in [2.75, 3.05) is 13.7 Å². The maximum atomic E-state index is 5.37. The molecule has 0 fully saturated rings. The molecule has 21 heavy (non-hydrogen) atoms. The zero-order valence-corrected chi connectivity index (χ0v) is 12.8. The van der Waals surface area contributed by atoms with E-state index < -0.39 is 0 Å². The molecule has 0 amide bonds. The molecule has 0 radical (unpaired) electrons. The van der Waals surface area contributed by atoms with Crippen molar-refractivity contribution in [1.82, 2.24) is 0 Å². The van der Waals surface area contributed by atoms with Gasteiger partial charge in [-0.25, -0.2) is 0 Å². The molecule has 2 rings (SSSR count). The first-order chi connectivity index (χ1) is 10.2. The monoisotopic (exact) mass is 282 g/mol. The van der Waals surface area contributed by atoms with Gasteiger partial charge in [-0.3, -0.25) is 0 Å². The van der Waals surface area contributed by atoms with Crippen LogP contribution in [0.2, 0.25) is 0 Å². The van der Waals surface area contributed by atoms with Crippen LogP contribution in [-0.4, -0.2) is 13.7 Å². The first-order valence-corrected chi connectivity index (χ1v) is 7.27. The average Bonchev–Trinajstić information content (AvgIpc) is 2.54. The summed E-state index contributed by atoms with van der Waals surface area (Å²) in [7, 11) is 1.68. The number of rotatable bonds is 7. The summed E-state index contributed by atoms with van der Waals surface area (Å²) < 4.78 is 10.6. The van der Waals surface area contributed by atoms with E-state index in [1.165, 1.54) is 16.7 Å². The Morgan fingerprint density at radius 1 is 0.952 bits per heavy atom. The van der Waals surface area contributed by atoms with Crippen molar-refractivity contribution < 1.29 is 9.47 Å². The topological polar surface area (TPSA) is 18.5 Å². The predicted octanol–water partition coefficient (Wildman–Crippen LogP) is 4.85. The van der Waals surface area contributed by atoms with Gasteiger partial charge in [0, 0.05) is 6.42 Å². The molecule has 0 saturated carbocycles. The third kappa shape index (κ3) is 4.38. The first kappa shape index (κ1) is 15.2. The van der Waals surface area contributed by atoms with E-state index in [0.717, 1.165) is 24.4 Å². The van der Waals surface area contributed by atoms with Gasteiger partial charge < -0.3 is 9.47 Å². The highest BCUT2D eigenvalue weighted by Crippen LogP contribution is 2.23. The number of methoxy groups -OCH3 is 1. The number of ether oxygens (including phenoxy) is 2. The third-order valence-corrected chi connectivity index (χ3v) is 3.42. The Kier molecular flexibility index (Phi) is 5.44. The number of hydrogen-bond acceptors (Lipinski definition) is 2. The molecule has 0 heterocycles. The second-order valence-corrected chi connectivity index (χ2v) is 4.90. The van der Waals surface area contributed by atoms with E-state index in [-0.39, 0.29) is 0 Å². The van der Waals surface area contributed by atoms with Crippen LogP contribution < -0.4 is 4.74 Å². The summed E-state index contributed by atoms with van der Waals surface area (Å²) in [5.41, 5.74) is 3.71. The Hall–Kier alpha value is -2.22. The van der Waals surface area contributed by atoms with E-state index in [9.17, 15) is 0 Å². The van der Waals surface area contributed by atoms with Crippen LogP contribution in [0.4, 0.5) is 0 Å². The lowest BCUT2D eigenvalue weighted by Gasteiger charge is -2.08. The van der Waals surface area contributed by atoms with Crippen LogP contribution in [0.25, 0.3) is 11.1 Å². The largest absolute Gasteiger partial charge is 0.499 e. The molecule has 0 atom stereocenters. The highest BCUT2D eigenvalue weighted by molar-refractivity contribution is 5.64. The number of benzene rings is 2. The van der Waals surface area contributed by atoms with Gasteiger partial charge in [-0.1, -0.05) is 43.0 Å². The lowest BCUT2D eigenvalue weighted by Crippen LogP contribution is -1.93. The second-order valence-electron chi connectivity index (χ2n) is 4.90. The van der Waals surface area contributed by atoms with Crippen LogP contribution in [0.3, 0.4) is 0 Å². The van der Waals surface area contributed by atoms with E-state index in [1.54, 1.807) is 7.11 Å². The number of hydrogen-bond donors (Lipinski definition) is 0. The minimum atomic E-state index is 0.690. The minimum absolute atomic E-state index is 0.690. The predicted molar refractivity (Wildman–Crippen MR) is 87.5 cm³/mol. The molecule has 2 aromatic rings. The Morgan fingerprint density at radius 2 is 1.52 bits per heavy atom. The molecule has 2 nitrogen and oxygen atoms in total. The van der Waals surface area contributed by atoms with Crippen LogP contribution in [0, 0.1) is 0 Å². The zero-order chi connectivity index (χ0) is 15.1. The van der Waals surface area contributed by atoms with Gasteiger partial charge in [-0.05, 0) is 42.2 Å². The Bertz CT molecular complexity index is 568. The molecule has 0 saturated heterocycles. The van der Waals surface area contributed by atoms with Crippen LogP contribution in [0.5, 0.6) is 5.75 Å². The van der Waals surface area contributed by atoms with E-state index in [0.29, 0.717) is 6.61 Å². The van der Waals surface area contributed by atoms with Crippen molar-refractivity contribution in [2.45, 2.75) is 19.8 Å². The fourth-order valence-corrected chi connectivity index (χ4v) is 2.21. The average molecular weight is 282 g/mol. The van der Waals surface area contributed by atoms with Crippen molar-refractivity contribution in [3.05, 3.63) is 66.4 Å². The van der Waals surface area contributed by atoms with Crippen molar-refractivity contribution >= 4 is 0 Å². The van der Waals surface area contributed by atoms with Crippen molar-refractivity contribution in [1.29, 1.82) is 0 Å². The zero-order valence-electron chi connectivity index (χ0n) is 12.8. The van der Waals surface area contributed by atoms with Crippen molar-refractivity contribution in [3.8, 4) is 16.9 Å². The van der Waals surface area contributed by atoms with Crippen LogP contribution in [0.1, 0.15) is 18.9 Å². The summed E-state index contributed by atoms with van der Waals surface area (Å²) in [6, 6.07) is 16.7. The van der Waals surface area contributed by atoms with Crippen molar-refractivity contribution in [3.63, 3.8) is 0 Å². The van der Waals surface area contributed by atoms with E-state index >= 15 is 0 Å². The molecule has 110 valence electrons. The summed E-state index contributed by atoms with van der Waals surface area (Å²) in [6.45, 7) is 6.58. The van der Waals surface area contributed by atoms with Gasteiger partial charge in [0.2, 0.25) is 0 Å². The van der Waals surface area contributed by atoms with E-state index in [2.05, 4.69) is 43.0 Å². The fraction of sp³-hybridized carbons (Fsp3) is 0.263. The Labute approximate surface area is 127 Å². The molecule has 2 aromatic carbocycles. The van der Waals surface area contributed by atoms with E-state index in [1.807, 2.05) is 19.1 Å². The van der Waals surface area contributed by atoms with Gasteiger partial charge >= 0.3 is 0 Å². The lowest BCUT2D eigenvalue weighted by molar-refractivity contribution is 0.220. The van der Waals surface area contributed by atoms with Gasteiger partial charge in [0.05, 0.1) is 19.5 Å². The van der Waals surface area contributed by atoms with Gasteiger partial charge in [0.1, 0.15) is 5.75 Å². The summed E-state index contributed by atoms with van der Waals surface area (Å²) in [5, 5.41) is 0. The summed E-state index contributed by atoms with van der Waals surface area (Å²) in [5.74, 6) is 1.74. The Balaban J connectivity index is 1.99. The second kappa shape index (κ2) is 7.53. The standard InChI is InChI=1S/C19H22O2/c1-4-21-15(2)5-6-16-7-9-17(10-8-16)18-11-13-19(20-3)14-12-18/h7-14H,2,4-6H2,1,3H3. The maximum absolute atomic E-state index is 5.37. The number of allylic oxidation sites excluding steroid dienone is 1. The molecule has 0 spiro atoms. The van der Waals surface area contributed by atoms with Gasteiger partial charge in [0.15, 0.2) is 0 Å². The molecular weight excluding hydrogens is 260 g/mol. The molecule has 0 unspecified atom stereocenters. The fourth-order valence-electron chi connectivity index (χ4n) is 2.21. The molecular formula is C19H22O2. The molecule has 0 aliphatic carbocycles. The molecule has 0 aliphatic rings. The molecule has 2 heteroatoms. The smallest absolute Gasteiger partial charge is 0.118 e. The minimum Gasteiger partial charge on any atom is -0.499 e. The van der Waals surface area contributed by atoms with Crippen LogP contribution in [-0.2, 0) is 11.2 Å². The third-order valence-electron chi connectivity index (χ3n) is 3.42. The quantitative estimate of drug-likeness (QED) is 0.676. The SMILES string of the molecule is C=C(CCc1ccc(-c2ccc(OC)cc2)cc1)OCC. The molecule has 0 aromatic heterocycles. The molecule has 0 bridgehead atoms. The highest BCUT2D eigenvalue weighted by atomic mass is 16.5. The van der Waals surface area contributed by atoms with Crippen LogP contribution in [0.15, 0.2) is 60.9 Å². The maximum Gasteiger partial charge on any atom is 0.118 e. The highest BCUT2D eigenvalue weighted by Gasteiger charge is 2.01. The van der Waals surface area contributed by atoms with Crippen LogP contribution >= 0.6 is 0 Å². The van der Waals surface area contributed by atoms with Gasteiger partial charge in [-0.2, -0.15) is 0 Å². The summed E-state index contributed by atoms with van der Waals surface area (Å²) in [6.07, 6.45) is 1.83. The van der Waals surface area contributed by atoms with Crippen molar-refractivity contribution in [2.24, 2.45) is 0 Å². The molecule has 0 N–H and O–H groups in total. The van der Waals surface area contributed by atoms with E-state index in [4.69, 9.17) is 9.47 Å². The summed E-state index contributed by atoms with van der Waals surface area (Å²) in [4.78, 5) is 0. The Morgan fingerprint density at radius 3 is 2.05 bits per heavy atom. The lowest BCUT2D eigenvalue weighted by atomic mass is 10.0. The number of aryl methyl sites for hydroxylation is 1. The first-order valence-electron chi connectivity index (χ1n) is 7.27. The molecule has 0 aliphatic heterocycles. The van der Waals surface area contributed by atoms with Gasteiger partial charge in [-0.15, -0.1) is 0 Å². The van der Waals surface area contributed by atoms with Gasteiger partial charge in [0.25, 0.3) is 0 Å². The summed E-state index contributed by atoms with van der Waals surface area (Å²) >= 11 is 0. The normalized spacial score (nSPS) is 10.2.